The first-order valence-electron chi connectivity index (χ1n) is 8.44. The predicted octanol–water partition coefficient (Wildman–Crippen LogP) is 2.88. The summed E-state index contributed by atoms with van der Waals surface area (Å²) in [5, 5.41) is 3.28. The number of nitrogens with zero attached hydrogens (tertiary/aromatic N) is 1. The summed E-state index contributed by atoms with van der Waals surface area (Å²) in [5.41, 5.74) is 1.38. The van der Waals surface area contributed by atoms with Gasteiger partial charge in [-0.1, -0.05) is 30.3 Å². The second-order valence-electron chi connectivity index (χ2n) is 6.85. The molecule has 3 heteroatoms. The van der Waals surface area contributed by atoms with Crippen LogP contribution in [0.5, 0.6) is 0 Å². The van der Waals surface area contributed by atoms with Crippen molar-refractivity contribution in [2.24, 2.45) is 5.92 Å². The molecule has 2 aliphatic heterocycles. The van der Waals surface area contributed by atoms with Gasteiger partial charge in [-0.2, -0.15) is 0 Å². The van der Waals surface area contributed by atoms with Gasteiger partial charge in [-0.15, -0.1) is 0 Å². The normalized spacial score (nSPS) is 32.7. The second kappa shape index (κ2) is 5.45. The van der Waals surface area contributed by atoms with Gasteiger partial charge in [-0.05, 0) is 50.6 Å². The second-order valence-corrected chi connectivity index (χ2v) is 6.85. The van der Waals surface area contributed by atoms with Crippen molar-refractivity contribution in [3.8, 4) is 0 Å². The lowest BCUT2D eigenvalue weighted by Gasteiger charge is -2.29. The van der Waals surface area contributed by atoms with Gasteiger partial charge in [-0.3, -0.25) is 9.69 Å². The highest BCUT2D eigenvalue weighted by Gasteiger charge is 2.47. The van der Waals surface area contributed by atoms with Crippen molar-refractivity contribution < 1.29 is 4.79 Å². The fourth-order valence-electron chi connectivity index (χ4n) is 4.31. The first kappa shape index (κ1) is 13.3. The smallest absolute Gasteiger partial charge is 0.224 e. The van der Waals surface area contributed by atoms with Gasteiger partial charge >= 0.3 is 0 Å². The van der Waals surface area contributed by atoms with Crippen LogP contribution in [0.2, 0.25) is 0 Å². The summed E-state index contributed by atoms with van der Waals surface area (Å²) in [7, 11) is 0. The average Bonchev–Trinajstić information content (AvgIpc) is 3.05. The fraction of sp³-hybridized carbons (Fsp3) is 0.611. The Kier molecular flexibility index (Phi) is 3.46. The van der Waals surface area contributed by atoms with Crippen molar-refractivity contribution in [1.82, 2.24) is 10.2 Å². The van der Waals surface area contributed by atoms with E-state index < -0.39 is 0 Å². The maximum Gasteiger partial charge on any atom is 0.224 e. The van der Waals surface area contributed by atoms with E-state index in [9.17, 15) is 4.79 Å². The summed E-state index contributed by atoms with van der Waals surface area (Å²) in [4.78, 5) is 15.2. The summed E-state index contributed by atoms with van der Waals surface area (Å²) < 4.78 is 0. The monoisotopic (exact) mass is 284 g/mol. The maximum absolute atomic E-state index is 12.6. The summed E-state index contributed by atoms with van der Waals surface area (Å²) in [6.45, 7) is 1.15. The first-order valence-corrected chi connectivity index (χ1v) is 8.44. The van der Waals surface area contributed by atoms with Crippen LogP contribution in [-0.2, 0) is 4.79 Å². The number of hydrogen-bond acceptors (Lipinski definition) is 2. The molecule has 0 radical (unpaired) electrons. The minimum atomic E-state index is 0.193. The SMILES string of the molecule is O=C(NC1CCC1)[C@@H]1C[C@H](c2ccccc2)N2CCC[C@@H]12. The number of nitrogens with one attached hydrogen (secondary N) is 1. The molecule has 1 aromatic carbocycles. The zero-order chi connectivity index (χ0) is 14.2. The molecular weight excluding hydrogens is 260 g/mol. The van der Waals surface area contributed by atoms with Crippen molar-refractivity contribution in [1.29, 1.82) is 0 Å². The van der Waals surface area contributed by atoms with E-state index in [2.05, 4.69) is 40.5 Å². The number of carbonyl (C=O) groups is 1. The molecule has 4 rings (SSSR count). The molecule has 1 amide bonds. The Labute approximate surface area is 126 Å². The van der Waals surface area contributed by atoms with E-state index in [-0.39, 0.29) is 5.92 Å². The molecule has 0 bridgehead atoms. The van der Waals surface area contributed by atoms with Crippen LogP contribution in [0, 0.1) is 5.92 Å². The molecule has 3 atom stereocenters. The average molecular weight is 284 g/mol. The molecule has 21 heavy (non-hydrogen) atoms. The molecule has 0 spiro atoms. The van der Waals surface area contributed by atoms with Crippen molar-refractivity contribution in [3.63, 3.8) is 0 Å². The lowest BCUT2D eigenvalue weighted by atomic mass is 9.90. The van der Waals surface area contributed by atoms with Crippen LogP contribution in [0.15, 0.2) is 30.3 Å². The van der Waals surface area contributed by atoms with Crippen LogP contribution in [0.3, 0.4) is 0 Å². The molecule has 3 aliphatic rings. The fourth-order valence-corrected chi connectivity index (χ4v) is 4.31. The third kappa shape index (κ3) is 2.38. The van der Waals surface area contributed by atoms with Gasteiger partial charge in [0.1, 0.15) is 0 Å². The number of amides is 1. The quantitative estimate of drug-likeness (QED) is 0.925. The highest BCUT2D eigenvalue weighted by atomic mass is 16.2. The number of fused-ring (bicyclic) bond motifs is 1. The van der Waals surface area contributed by atoms with Crippen LogP contribution >= 0.6 is 0 Å². The minimum Gasteiger partial charge on any atom is -0.353 e. The number of rotatable bonds is 3. The minimum absolute atomic E-state index is 0.193. The molecule has 2 saturated heterocycles. The van der Waals surface area contributed by atoms with Gasteiger partial charge in [0.15, 0.2) is 0 Å². The molecule has 112 valence electrons. The van der Waals surface area contributed by atoms with Crippen molar-refractivity contribution in [2.45, 2.75) is 56.7 Å². The lowest BCUT2D eigenvalue weighted by molar-refractivity contribution is -0.126. The van der Waals surface area contributed by atoms with E-state index >= 15 is 0 Å². The Hall–Kier alpha value is -1.35. The van der Waals surface area contributed by atoms with E-state index in [1.54, 1.807) is 0 Å². The van der Waals surface area contributed by atoms with Gasteiger partial charge in [0.25, 0.3) is 0 Å². The van der Waals surface area contributed by atoms with Crippen molar-refractivity contribution >= 4 is 5.91 Å². The van der Waals surface area contributed by atoms with Crippen LogP contribution in [0.4, 0.5) is 0 Å². The zero-order valence-electron chi connectivity index (χ0n) is 12.5. The highest BCUT2D eigenvalue weighted by molar-refractivity contribution is 5.80. The molecule has 1 aromatic rings. The maximum atomic E-state index is 12.6. The lowest BCUT2D eigenvalue weighted by Crippen LogP contribution is -2.45. The number of hydrogen-bond donors (Lipinski definition) is 1. The molecule has 1 aliphatic carbocycles. The first-order chi connectivity index (χ1) is 10.3. The molecule has 3 fully saturated rings. The third-order valence-corrected chi connectivity index (χ3v) is 5.66. The molecule has 2 heterocycles. The van der Waals surface area contributed by atoms with E-state index in [1.807, 2.05) is 0 Å². The van der Waals surface area contributed by atoms with Gasteiger partial charge in [0.2, 0.25) is 5.91 Å². The Morgan fingerprint density at radius 1 is 1.10 bits per heavy atom. The Bertz CT molecular complexity index is 511. The predicted molar refractivity (Wildman–Crippen MR) is 82.8 cm³/mol. The Balaban J connectivity index is 1.52. The van der Waals surface area contributed by atoms with Gasteiger partial charge in [0.05, 0.1) is 5.92 Å². The van der Waals surface area contributed by atoms with Crippen LogP contribution in [0.25, 0.3) is 0 Å². The highest BCUT2D eigenvalue weighted by Crippen LogP contribution is 2.45. The summed E-state index contributed by atoms with van der Waals surface area (Å²) in [6, 6.07) is 12.1. The summed E-state index contributed by atoms with van der Waals surface area (Å²) in [6.07, 6.45) is 7.04. The van der Waals surface area contributed by atoms with Crippen molar-refractivity contribution in [3.05, 3.63) is 35.9 Å². The molecular formula is C18H24N2O. The van der Waals surface area contributed by atoms with Crippen molar-refractivity contribution in [2.75, 3.05) is 6.54 Å². The Morgan fingerprint density at radius 3 is 2.62 bits per heavy atom. The third-order valence-electron chi connectivity index (χ3n) is 5.66. The van der Waals surface area contributed by atoms with E-state index in [0.717, 1.165) is 13.0 Å². The van der Waals surface area contributed by atoms with Gasteiger partial charge < -0.3 is 5.32 Å². The van der Waals surface area contributed by atoms with Crippen LogP contribution < -0.4 is 5.32 Å². The van der Waals surface area contributed by atoms with Gasteiger partial charge in [0, 0.05) is 18.1 Å². The molecule has 3 nitrogen and oxygen atoms in total. The van der Waals surface area contributed by atoms with Crippen LogP contribution in [-0.4, -0.2) is 29.4 Å². The zero-order valence-corrected chi connectivity index (χ0v) is 12.5. The van der Waals surface area contributed by atoms with E-state index in [0.29, 0.717) is 24.0 Å². The largest absolute Gasteiger partial charge is 0.353 e. The topological polar surface area (TPSA) is 32.3 Å². The summed E-state index contributed by atoms with van der Waals surface area (Å²) >= 11 is 0. The summed E-state index contributed by atoms with van der Waals surface area (Å²) in [5.74, 6) is 0.508. The van der Waals surface area contributed by atoms with Crippen LogP contribution in [0.1, 0.15) is 50.1 Å². The molecule has 0 unspecified atom stereocenters. The number of carbonyl (C=O) groups excluding carboxylic acids is 1. The standard InChI is InChI=1S/C18H24N2O/c21-18(19-14-8-4-9-14)15-12-17(13-6-2-1-3-7-13)20-11-5-10-16(15)20/h1-3,6-7,14-17H,4-5,8-12H2,(H,19,21)/t15-,16+,17-/m1/s1. The van der Waals surface area contributed by atoms with E-state index in [1.165, 1.54) is 37.7 Å². The molecule has 1 saturated carbocycles. The molecule has 1 N–H and O–H groups in total. The Morgan fingerprint density at radius 2 is 1.90 bits per heavy atom. The number of benzene rings is 1. The van der Waals surface area contributed by atoms with Gasteiger partial charge in [-0.25, -0.2) is 0 Å². The molecule has 0 aromatic heterocycles. The van der Waals surface area contributed by atoms with E-state index in [4.69, 9.17) is 0 Å².